The van der Waals surface area contributed by atoms with Crippen molar-refractivity contribution < 1.29 is 64.4 Å². The average molecular weight is 611 g/mol. The number of benzene rings is 2. The maximum atomic E-state index is 12.5. The van der Waals surface area contributed by atoms with Crippen molar-refractivity contribution in [3.05, 3.63) is 41.5 Å². The molecule has 0 bridgehead atoms. The van der Waals surface area contributed by atoms with Gasteiger partial charge in [-0.15, -0.1) is 0 Å². The summed E-state index contributed by atoms with van der Waals surface area (Å²) in [5.41, 5.74) is 1.73. The number of hydrogen-bond donors (Lipinski definition) is 0. The Morgan fingerprint density at radius 1 is 0.512 bits per heavy atom. The summed E-state index contributed by atoms with van der Waals surface area (Å²) in [6.07, 6.45) is 29.5. The molecular formula is C36H59KO3S. The average Bonchev–Trinajstić information content (AvgIpc) is 2.93. The molecule has 0 aliphatic carbocycles. The fraction of sp³-hybridized carbons (Fsp3) is 0.722. The van der Waals surface area contributed by atoms with Crippen molar-refractivity contribution in [3.63, 3.8) is 0 Å². The van der Waals surface area contributed by atoms with E-state index in [4.69, 9.17) is 0 Å². The molecule has 0 heterocycles. The molecule has 0 atom stereocenters. The summed E-state index contributed by atoms with van der Waals surface area (Å²) in [5.74, 6) is 0. The van der Waals surface area contributed by atoms with Crippen molar-refractivity contribution in [1.29, 1.82) is 0 Å². The minimum Gasteiger partial charge on any atom is -0.744 e. The fourth-order valence-electron chi connectivity index (χ4n) is 6.11. The molecule has 0 saturated heterocycles. The molecule has 0 spiro atoms. The van der Waals surface area contributed by atoms with Gasteiger partial charge in [-0.25, -0.2) is 8.42 Å². The number of aryl methyl sites for hydroxylation is 2. The van der Waals surface area contributed by atoms with E-state index in [9.17, 15) is 13.0 Å². The first-order valence-electron chi connectivity index (χ1n) is 17.0. The Bertz CT molecular complexity index is 1030. The van der Waals surface area contributed by atoms with E-state index in [1.807, 2.05) is 30.3 Å². The summed E-state index contributed by atoms with van der Waals surface area (Å²) in [6, 6.07) is 9.87. The van der Waals surface area contributed by atoms with Gasteiger partial charge < -0.3 is 4.55 Å². The Morgan fingerprint density at radius 2 is 0.902 bits per heavy atom. The Balaban J connectivity index is 0.00000840. The van der Waals surface area contributed by atoms with E-state index in [0.29, 0.717) is 17.4 Å². The largest absolute Gasteiger partial charge is 1.00 e. The smallest absolute Gasteiger partial charge is 0.744 e. The third-order valence-corrected chi connectivity index (χ3v) is 9.48. The maximum absolute atomic E-state index is 12.5. The zero-order chi connectivity index (χ0) is 28.9. The molecule has 0 radical (unpaired) electrons. The van der Waals surface area contributed by atoms with Crippen LogP contribution in [-0.2, 0) is 23.0 Å². The SMILES string of the molecule is CCCCCCCCCCCCCc1ccc2cccc(CCCCCCCCCCCCC)c2c1S(=O)(=O)[O-].[K+]. The van der Waals surface area contributed by atoms with E-state index < -0.39 is 10.1 Å². The van der Waals surface area contributed by atoms with Gasteiger partial charge in [0.25, 0.3) is 0 Å². The van der Waals surface area contributed by atoms with Crippen LogP contribution in [-0.4, -0.2) is 13.0 Å². The summed E-state index contributed by atoms with van der Waals surface area (Å²) >= 11 is 0. The first kappa shape index (κ1) is 39.3. The van der Waals surface area contributed by atoms with Crippen molar-refractivity contribution >= 4 is 20.9 Å². The Morgan fingerprint density at radius 3 is 1.32 bits per heavy atom. The van der Waals surface area contributed by atoms with Gasteiger partial charge in [-0.05, 0) is 42.2 Å². The van der Waals surface area contributed by atoms with Crippen LogP contribution in [0.3, 0.4) is 0 Å². The van der Waals surface area contributed by atoms with Crippen LogP contribution in [0, 0.1) is 0 Å². The van der Waals surface area contributed by atoms with Crippen LogP contribution >= 0.6 is 0 Å². The van der Waals surface area contributed by atoms with Crippen LogP contribution in [0.25, 0.3) is 10.8 Å². The van der Waals surface area contributed by atoms with Gasteiger partial charge in [-0.2, -0.15) is 0 Å². The van der Waals surface area contributed by atoms with Crippen LogP contribution < -0.4 is 51.4 Å². The van der Waals surface area contributed by atoms with Gasteiger partial charge in [0, 0.05) is 5.39 Å². The van der Waals surface area contributed by atoms with Crippen LogP contribution in [0.15, 0.2) is 35.2 Å². The van der Waals surface area contributed by atoms with E-state index in [0.717, 1.165) is 43.1 Å². The first-order chi connectivity index (χ1) is 19.5. The number of rotatable bonds is 25. The molecule has 228 valence electrons. The normalized spacial score (nSPS) is 11.7. The summed E-state index contributed by atoms with van der Waals surface area (Å²) in [7, 11) is -4.55. The van der Waals surface area contributed by atoms with E-state index in [2.05, 4.69) is 13.8 Å². The maximum Gasteiger partial charge on any atom is 1.00 e. The molecule has 2 aromatic rings. The predicted molar refractivity (Wildman–Crippen MR) is 172 cm³/mol. The topological polar surface area (TPSA) is 57.2 Å². The minimum absolute atomic E-state index is 0. The molecule has 3 nitrogen and oxygen atoms in total. The van der Waals surface area contributed by atoms with Crippen molar-refractivity contribution in [2.75, 3.05) is 0 Å². The third kappa shape index (κ3) is 16.8. The molecule has 2 aromatic carbocycles. The van der Waals surface area contributed by atoms with Gasteiger partial charge in [0.1, 0.15) is 10.1 Å². The summed E-state index contributed by atoms with van der Waals surface area (Å²) in [5, 5.41) is 1.56. The van der Waals surface area contributed by atoms with E-state index >= 15 is 0 Å². The monoisotopic (exact) mass is 610 g/mol. The minimum atomic E-state index is -4.55. The molecule has 0 N–H and O–H groups in total. The predicted octanol–water partition coefficient (Wildman–Crippen LogP) is 8.45. The van der Waals surface area contributed by atoms with Gasteiger partial charge in [-0.1, -0.05) is 173 Å². The quantitative estimate of drug-likeness (QED) is 0.0644. The van der Waals surface area contributed by atoms with Gasteiger partial charge in [0.05, 0.1) is 4.90 Å². The Labute approximate surface area is 296 Å². The first-order valence-corrected chi connectivity index (χ1v) is 18.4. The summed E-state index contributed by atoms with van der Waals surface area (Å²) < 4.78 is 37.6. The molecule has 41 heavy (non-hydrogen) atoms. The fourth-order valence-corrected chi connectivity index (χ4v) is 7.10. The van der Waals surface area contributed by atoms with Crippen molar-refractivity contribution in [1.82, 2.24) is 0 Å². The van der Waals surface area contributed by atoms with Crippen molar-refractivity contribution in [2.45, 2.75) is 173 Å². The zero-order valence-corrected chi connectivity index (χ0v) is 30.9. The van der Waals surface area contributed by atoms with Gasteiger partial charge in [0.15, 0.2) is 0 Å². The third-order valence-electron chi connectivity index (χ3n) is 8.52. The summed E-state index contributed by atoms with van der Waals surface area (Å²) in [4.78, 5) is 0.0516. The van der Waals surface area contributed by atoms with E-state index in [-0.39, 0.29) is 56.3 Å². The second-order valence-electron chi connectivity index (χ2n) is 12.1. The summed E-state index contributed by atoms with van der Waals surface area (Å²) in [6.45, 7) is 4.52. The van der Waals surface area contributed by atoms with Gasteiger partial charge >= 0.3 is 51.4 Å². The molecule has 0 aliphatic rings. The van der Waals surface area contributed by atoms with Gasteiger partial charge in [-0.3, -0.25) is 0 Å². The molecule has 0 aromatic heterocycles. The molecule has 0 saturated carbocycles. The van der Waals surface area contributed by atoms with E-state index in [1.54, 1.807) is 0 Å². The van der Waals surface area contributed by atoms with Crippen LogP contribution in [0.5, 0.6) is 0 Å². The second kappa shape index (κ2) is 24.6. The molecule has 0 fully saturated rings. The molecule has 0 unspecified atom stereocenters. The Kier molecular flexibility index (Phi) is 23.5. The molecule has 0 amide bonds. The Hall–Kier alpha value is 0.246. The van der Waals surface area contributed by atoms with E-state index in [1.165, 1.54) is 116 Å². The standard InChI is InChI=1S/C36H60O3S.K/c1-3-5-7-9-11-13-15-17-19-21-23-26-32-28-25-29-33-30-31-34(36(35(32)33)40(37,38)39)27-24-22-20-18-16-14-12-10-8-6-4-2;/h25,28-31H,3-24,26-27H2,1-2H3,(H,37,38,39);/q;+1/p-1. The molecular weight excluding hydrogens is 552 g/mol. The number of fused-ring (bicyclic) bond motifs is 1. The molecule has 2 rings (SSSR count). The van der Waals surface area contributed by atoms with Crippen LogP contribution in [0.1, 0.15) is 166 Å². The molecule has 5 heteroatoms. The molecule has 0 aliphatic heterocycles. The van der Waals surface area contributed by atoms with Crippen molar-refractivity contribution in [3.8, 4) is 0 Å². The van der Waals surface area contributed by atoms with Crippen LogP contribution in [0.4, 0.5) is 0 Å². The zero-order valence-electron chi connectivity index (χ0n) is 27.0. The van der Waals surface area contributed by atoms with Gasteiger partial charge in [0.2, 0.25) is 0 Å². The van der Waals surface area contributed by atoms with Crippen molar-refractivity contribution in [2.24, 2.45) is 0 Å². The van der Waals surface area contributed by atoms with Crippen LogP contribution in [0.2, 0.25) is 0 Å². The number of unbranched alkanes of at least 4 members (excludes halogenated alkanes) is 20. The second-order valence-corrected chi connectivity index (χ2v) is 13.4. The number of hydrogen-bond acceptors (Lipinski definition) is 3.